The van der Waals surface area contributed by atoms with Crippen molar-refractivity contribution < 1.29 is 52.5 Å². The quantitative estimate of drug-likeness (QED) is 0.247. The average molecular weight is 676 g/mol. The first-order valence-electron chi connectivity index (χ1n) is 15.5. The van der Waals surface area contributed by atoms with Gasteiger partial charge < -0.3 is 40.3 Å². The van der Waals surface area contributed by atoms with Crippen LogP contribution in [-0.2, 0) is 19.2 Å². The van der Waals surface area contributed by atoms with E-state index in [-0.39, 0.29) is 61.8 Å². The number of aliphatic carboxylic acids is 1. The van der Waals surface area contributed by atoms with Gasteiger partial charge in [-0.2, -0.15) is 5.10 Å². The number of piperazine rings is 1. The van der Waals surface area contributed by atoms with Gasteiger partial charge >= 0.3 is 12.1 Å². The summed E-state index contributed by atoms with van der Waals surface area (Å²) in [4.78, 5) is 78.9. The first kappa shape index (κ1) is 34.1. The van der Waals surface area contributed by atoms with E-state index in [1.807, 2.05) is 0 Å². The highest BCUT2D eigenvalue weighted by Gasteiger charge is 2.37. The number of hydrogen-bond acceptors (Lipinski definition) is 8. The fourth-order valence-corrected chi connectivity index (χ4v) is 5.56. The van der Waals surface area contributed by atoms with Crippen LogP contribution in [0.1, 0.15) is 49.0 Å². The Balaban J connectivity index is 1.33. The van der Waals surface area contributed by atoms with Crippen molar-refractivity contribution in [3.05, 3.63) is 41.6 Å². The number of rotatable bonds is 12. The molecule has 2 atom stereocenters. The van der Waals surface area contributed by atoms with Gasteiger partial charge in [0.1, 0.15) is 12.1 Å². The van der Waals surface area contributed by atoms with Gasteiger partial charge in [0.2, 0.25) is 17.7 Å². The minimum absolute atomic E-state index is 0.0292. The van der Waals surface area contributed by atoms with Gasteiger partial charge in [-0.15, -0.1) is 0 Å². The molecule has 258 valence electrons. The smallest absolute Gasteiger partial charge is 0.407 e. The van der Waals surface area contributed by atoms with Crippen LogP contribution in [0.2, 0.25) is 0 Å². The Kier molecular flexibility index (Phi) is 10.4. The minimum Gasteiger partial charge on any atom is -0.481 e. The van der Waals surface area contributed by atoms with Crippen molar-refractivity contribution in [2.24, 2.45) is 0 Å². The number of carboxylic acid groups (broad SMARTS) is 2. The zero-order valence-corrected chi connectivity index (χ0v) is 25.8. The van der Waals surface area contributed by atoms with Gasteiger partial charge in [-0.25, -0.2) is 18.3 Å². The first-order valence-corrected chi connectivity index (χ1v) is 15.5. The highest BCUT2D eigenvalue weighted by Crippen LogP contribution is 2.25. The molecule has 1 saturated carbocycles. The highest BCUT2D eigenvalue weighted by atomic mass is 19.2. The molecule has 2 saturated heterocycles. The molecule has 16 nitrogen and oxygen atoms in total. The van der Waals surface area contributed by atoms with E-state index in [2.05, 4.69) is 15.7 Å². The number of halogens is 2. The summed E-state index contributed by atoms with van der Waals surface area (Å²) in [6, 6.07) is 2.05. The zero-order chi connectivity index (χ0) is 34.5. The molecule has 2 unspecified atom stereocenters. The van der Waals surface area contributed by atoms with Crippen LogP contribution in [0, 0.1) is 11.6 Å². The summed E-state index contributed by atoms with van der Waals surface area (Å²) in [5.74, 6) is -6.11. The van der Waals surface area contributed by atoms with Gasteiger partial charge in [0.05, 0.1) is 5.69 Å². The molecule has 1 aromatic heterocycles. The van der Waals surface area contributed by atoms with Gasteiger partial charge in [0.15, 0.2) is 23.9 Å². The predicted octanol–water partition coefficient (Wildman–Crippen LogP) is 0.584. The summed E-state index contributed by atoms with van der Waals surface area (Å²) in [5, 5.41) is 27.9. The SMILES string of the molecule is O=C(O)CCC(NC(=O)c1cc(OCC(=O)N2CCCC2C(=O)NC2CC2)n(-c2ccc(F)c(F)c2)n1)C(=O)N1CCN(C(=O)O)CC1. The molecule has 1 aromatic carbocycles. The van der Waals surface area contributed by atoms with Gasteiger partial charge in [-0.3, -0.25) is 24.0 Å². The number of carbonyl (C=O) groups is 6. The largest absolute Gasteiger partial charge is 0.481 e. The lowest BCUT2D eigenvalue weighted by Gasteiger charge is -2.35. The highest BCUT2D eigenvalue weighted by molar-refractivity contribution is 5.96. The second kappa shape index (κ2) is 14.6. The van der Waals surface area contributed by atoms with Crippen molar-refractivity contribution in [1.82, 2.24) is 35.1 Å². The second-order valence-corrected chi connectivity index (χ2v) is 11.7. The molecule has 5 rings (SSSR count). The third-order valence-corrected chi connectivity index (χ3v) is 8.31. The van der Waals surface area contributed by atoms with E-state index >= 15 is 0 Å². The molecule has 18 heteroatoms. The van der Waals surface area contributed by atoms with E-state index in [9.17, 15) is 47.8 Å². The van der Waals surface area contributed by atoms with Crippen molar-refractivity contribution in [2.45, 2.75) is 56.7 Å². The standard InChI is InChI=1S/C30H35F2N7O9/c31-19-6-5-18(14-20(19)32)39-25(48-16-24(40)38-9-1-2-23(38)28(44)33-17-3-4-17)15-22(35-39)27(43)34-21(7-8-26(41)42)29(45)36-10-12-37(13-11-36)30(46)47/h5-6,14-15,17,21,23H,1-4,7-13,16H2,(H,33,44)(H,34,43)(H,41,42)(H,46,47). The summed E-state index contributed by atoms with van der Waals surface area (Å²) in [6.07, 6.45) is 0.970. The van der Waals surface area contributed by atoms with Crippen LogP contribution in [0.15, 0.2) is 24.3 Å². The topological polar surface area (TPSA) is 204 Å². The maximum Gasteiger partial charge on any atom is 0.407 e. The number of aromatic nitrogens is 2. The number of carbonyl (C=O) groups excluding carboxylic acids is 4. The van der Waals surface area contributed by atoms with E-state index < -0.39 is 66.5 Å². The Morgan fingerprint density at radius 1 is 0.938 bits per heavy atom. The van der Waals surface area contributed by atoms with Gasteiger partial charge in [-0.1, -0.05) is 0 Å². The summed E-state index contributed by atoms with van der Waals surface area (Å²) in [6.45, 7) is -0.128. The molecular weight excluding hydrogens is 640 g/mol. The van der Waals surface area contributed by atoms with Crippen LogP contribution < -0.4 is 15.4 Å². The molecule has 4 N–H and O–H groups in total. The van der Waals surface area contributed by atoms with Crippen molar-refractivity contribution in [3.63, 3.8) is 0 Å². The van der Waals surface area contributed by atoms with Crippen LogP contribution in [0.5, 0.6) is 5.88 Å². The maximum absolute atomic E-state index is 14.2. The molecule has 2 aliphatic heterocycles. The lowest BCUT2D eigenvalue weighted by molar-refractivity contribution is -0.140. The van der Waals surface area contributed by atoms with E-state index in [0.717, 1.165) is 46.7 Å². The number of nitrogens with zero attached hydrogens (tertiary/aromatic N) is 5. The lowest BCUT2D eigenvalue weighted by Crippen LogP contribution is -2.55. The molecular formula is C30H35F2N7O9. The van der Waals surface area contributed by atoms with Crippen LogP contribution in [0.3, 0.4) is 0 Å². The van der Waals surface area contributed by atoms with Crippen LogP contribution in [0.4, 0.5) is 13.6 Å². The molecule has 3 heterocycles. The Hall–Kier alpha value is -5.29. The van der Waals surface area contributed by atoms with Gasteiger partial charge in [0.25, 0.3) is 11.8 Å². The molecule has 5 amide bonds. The third-order valence-electron chi connectivity index (χ3n) is 8.31. The van der Waals surface area contributed by atoms with E-state index in [1.54, 1.807) is 0 Å². The molecule has 1 aliphatic carbocycles. The fraction of sp³-hybridized carbons (Fsp3) is 0.500. The molecule has 0 bridgehead atoms. The van der Waals surface area contributed by atoms with Crippen molar-refractivity contribution in [1.29, 1.82) is 0 Å². The number of ether oxygens (including phenoxy) is 1. The molecule has 3 fully saturated rings. The van der Waals surface area contributed by atoms with Crippen molar-refractivity contribution >= 4 is 35.7 Å². The number of likely N-dealkylation sites (tertiary alicyclic amines) is 1. The number of hydrogen-bond donors (Lipinski definition) is 4. The van der Waals surface area contributed by atoms with Crippen molar-refractivity contribution in [2.75, 3.05) is 39.3 Å². The fourth-order valence-electron chi connectivity index (χ4n) is 5.56. The van der Waals surface area contributed by atoms with Gasteiger partial charge in [-0.05, 0) is 44.2 Å². The monoisotopic (exact) mass is 675 g/mol. The molecule has 3 aliphatic rings. The Bertz CT molecular complexity index is 1590. The third kappa shape index (κ3) is 8.16. The van der Waals surface area contributed by atoms with E-state index in [4.69, 9.17) is 4.74 Å². The molecule has 0 radical (unpaired) electrons. The van der Waals surface area contributed by atoms with E-state index in [1.165, 1.54) is 9.80 Å². The summed E-state index contributed by atoms with van der Waals surface area (Å²) >= 11 is 0. The number of carboxylic acids is 1. The number of nitrogens with one attached hydrogen (secondary N) is 2. The summed E-state index contributed by atoms with van der Waals surface area (Å²) < 4.78 is 34.6. The van der Waals surface area contributed by atoms with Crippen LogP contribution in [0.25, 0.3) is 5.69 Å². The predicted molar refractivity (Wildman–Crippen MR) is 159 cm³/mol. The zero-order valence-electron chi connectivity index (χ0n) is 25.8. The number of amides is 5. The van der Waals surface area contributed by atoms with Crippen LogP contribution in [-0.4, -0.2) is 128 Å². The number of benzene rings is 1. The first-order chi connectivity index (χ1) is 22.9. The van der Waals surface area contributed by atoms with Gasteiger partial charge in [0, 0.05) is 57.3 Å². The molecule has 2 aromatic rings. The van der Waals surface area contributed by atoms with E-state index in [0.29, 0.717) is 19.4 Å². The van der Waals surface area contributed by atoms with Crippen LogP contribution >= 0.6 is 0 Å². The van der Waals surface area contributed by atoms with Crippen molar-refractivity contribution in [3.8, 4) is 11.6 Å². The Labute approximate surface area is 272 Å². The lowest BCUT2D eigenvalue weighted by atomic mass is 10.1. The summed E-state index contributed by atoms with van der Waals surface area (Å²) in [5.41, 5.74) is -0.415. The summed E-state index contributed by atoms with van der Waals surface area (Å²) in [7, 11) is 0. The average Bonchev–Trinajstić information content (AvgIpc) is 3.54. The Morgan fingerprint density at radius 3 is 2.29 bits per heavy atom. The second-order valence-electron chi connectivity index (χ2n) is 11.7. The molecule has 48 heavy (non-hydrogen) atoms. The maximum atomic E-state index is 14.2. The normalized spacial score (nSPS) is 18.3. The molecule has 0 spiro atoms. The minimum atomic E-state index is -1.32. The Morgan fingerprint density at radius 2 is 1.65 bits per heavy atom.